The van der Waals surface area contributed by atoms with Crippen molar-refractivity contribution in [2.24, 2.45) is 5.73 Å². The molecule has 0 aliphatic carbocycles. The molecule has 2 N–H and O–H groups in total. The maximum Gasteiger partial charge on any atom is 0.239 e. The zero-order valence-corrected chi connectivity index (χ0v) is 9.03. The van der Waals surface area contributed by atoms with Gasteiger partial charge in [-0.05, 0) is 26.7 Å². The zero-order chi connectivity index (χ0) is 10.6. The van der Waals surface area contributed by atoms with Crippen molar-refractivity contribution in [3.05, 3.63) is 0 Å². The molecule has 1 aliphatic heterocycles. The second kappa shape index (κ2) is 5.32. The minimum atomic E-state index is -0.391. The van der Waals surface area contributed by atoms with Gasteiger partial charge in [-0.15, -0.1) is 0 Å². The fraction of sp³-hybridized carbons (Fsp3) is 0.900. The summed E-state index contributed by atoms with van der Waals surface area (Å²) in [6.07, 6.45) is 1.87. The minimum Gasteiger partial charge on any atom is -0.381 e. The van der Waals surface area contributed by atoms with E-state index in [9.17, 15) is 4.79 Å². The first-order valence-corrected chi connectivity index (χ1v) is 5.30. The van der Waals surface area contributed by atoms with Gasteiger partial charge in [0.25, 0.3) is 0 Å². The van der Waals surface area contributed by atoms with Crippen LogP contribution in [0.1, 0.15) is 26.7 Å². The average Bonchev–Trinajstić information content (AvgIpc) is 2.20. The molecule has 0 aromatic rings. The Bertz CT molecular complexity index is 189. The number of ether oxygens (including phenoxy) is 1. The van der Waals surface area contributed by atoms with E-state index >= 15 is 0 Å². The number of nitrogens with two attached hydrogens (primary N) is 1. The van der Waals surface area contributed by atoms with Crippen LogP contribution in [-0.4, -0.2) is 42.6 Å². The summed E-state index contributed by atoms with van der Waals surface area (Å²) in [6.45, 7) is 5.99. The van der Waals surface area contributed by atoms with Gasteiger partial charge in [0.15, 0.2) is 0 Å². The summed E-state index contributed by atoms with van der Waals surface area (Å²) < 4.78 is 5.27. The third kappa shape index (κ3) is 2.69. The Morgan fingerprint density at radius 1 is 1.57 bits per heavy atom. The highest BCUT2D eigenvalue weighted by Gasteiger charge is 2.25. The lowest BCUT2D eigenvalue weighted by Crippen LogP contribution is -2.49. The van der Waals surface area contributed by atoms with Crippen molar-refractivity contribution < 1.29 is 9.53 Å². The van der Waals surface area contributed by atoms with E-state index < -0.39 is 6.04 Å². The topological polar surface area (TPSA) is 55.6 Å². The molecule has 82 valence electrons. The smallest absolute Gasteiger partial charge is 0.239 e. The van der Waals surface area contributed by atoms with Crippen molar-refractivity contribution in [1.82, 2.24) is 4.90 Å². The summed E-state index contributed by atoms with van der Waals surface area (Å²) in [4.78, 5) is 13.6. The Balaban J connectivity index is 2.55. The van der Waals surface area contributed by atoms with Gasteiger partial charge in [-0.3, -0.25) is 4.79 Å². The van der Waals surface area contributed by atoms with Crippen molar-refractivity contribution in [2.75, 3.05) is 19.8 Å². The molecule has 1 atom stereocenters. The molecule has 1 amide bonds. The van der Waals surface area contributed by atoms with Gasteiger partial charge in [0.05, 0.1) is 6.04 Å². The van der Waals surface area contributed by atoms with E-state index in [1.165, 1.54) is 0 Å². The Labute approximate surface area is 85.4 Å². The Hall–Kier alpha value is -0.610. The van der Waals surface area contributed by atoms with E-state index in [0.29, 0.717) is 6.04 Å². The van der Waals surface area contributed by atoms with Gasteiger partial charge in [0.2, 0.25) is 5.91 Å². The summed E-state index contributed by atoms with van der Waals surface area (Å²) in [5.41, 5.74) is 5.60. The van der Waals surface area contributed by atoms with Crippen LogP contribution >= 0.6 is 0 Å². The van der Waals surface area contributed by atoms with E-state index in [1.54, 1.807) is 6.92 Å². The Morgan fingerprint density at radius 3 is 2.57 bits per heavy atom. The van der Waals surface area contributed by atoms with Crippen molar-refractivity contribution >= 4 is 5.91 Å². The van der Waals surface area contributed by atoms with Crippen molar-refractivity contribution in [3.8, 4) is 0 Å². The van der Waals surface area contributed by atoms with Crippen LogP contribution in [0.2, 0.25) is 0 Å². The van der Waals surface area contributed by atoms with Gasteiger partial charge in [0.1, 0.15) is 0 Å². The maximum atomic E-state index is 11.7. The Morgan fingerprint density at radius 2 is 2.14 bits per heavy atom. The monoisotopic (exact) mass is 200 g/mol. The molecule has 14 heavy (non-hydrogen) atoms. The fourth-order valence-corrected chi connectivity index (χ4v) is 1.85. The molecule has 4 nitrogen and oxygen atoms in total. The summed E-state index contributed by atoms with van der Waals surface area (Å²) in [6, 6.07) is -0.0648. The van der Waals surface area contributed by atoms with E-state index in [-0.39, 0.29) is 5.91 Å². The number of carbonyl (C=O) groups excluding carboxylic acids is 1. The quantitative estimate of drug-likeness (QED) is 0.715. The molecule has 1 rings (SSSR count). The van der Waals surface area contributed by atoms with Gasteiger partial charge < -0.3 is 15.4 Å². The van der Waals surface area contributed by atoms with E-state index in [0.717, 1.165) is 32.6 Å². The highest BCUT2D eigenvalue weighted by atomic mass is 16.5. The van der Waals surface area contributed by atoms with Crippen molar-refractivity contribution in [3.63, 3.8) is 0 Å². The molecule has 0 aromatic heterocycles. The first kappa shape index (κ1) is 11.5. The van der Waals surface area contributed by atoms with Crippen LogP contribution in [0.4, 0.5) is 0 Å². The molecular formula is C10H20N2O2. The molecule has 0 aromatic carbocycles. The number of rotatable bonds is 3. The number of carbonyl (C=O) groups is 1. The molecule has 1 fully saturated rings. The molecule has 1 aliphatic rings. The lowest BCUT2D eigenvalue weighted by atomic mass is 10.1. The van der Waals surface area contributed by atoms with Crippen LogP contribution in [-0.2, 0) is 9.53 Å². The van der Waals surface area contributed by atoms with E-state index in [1.807, 2.05) is 11.8 Å². The largest absolute Gasteiger partial charge is 0.381 e. The Kier molecular flexibility index (Phi) is 4.35. The average molecular weight is 200 g/mol. The van der Waals surface area contributed by atoms with Crippen LogP contribution in [0, 0.1) is 0 Å². The van der Waals surface area contributed by atoms with Crippen LogP contribution in [0.5, 0.6) is 0 Å². The molecule has 1 heterocycles. The second-order valence-corrected chi connectivity index (χ2v) is 3.76. The van der Waals surface area contributed by atoms with E-state index in [2.05, 4.69) is 0 Å². The third-order valence-electron chi connectivity index (χ3n) is 2.64. The summed E-state index contributed by atoms with van der Waals surface area (Å²) in [5, 5.41) is 0. The lowest BCUT2D eigenvalue weighted by Gasteiger charge is -2.34. The number of hydrogen-bond donors (Lipinski definition) is 1. The van der Waals surface area contributed by atoms with E-state index in [4.69, 9.17) is 10.5 Å². The first-order chi connectivity index (χ1) is 6.66. The molecular weight excluding hydrogens is 180 g/mol. The predicted octanol–water partition coefficient (Wildman–Crippen LogP) is 0.361. The van der Waals surface area contributed by atoms with Gasteiger partial charge in [0, 0.05) is 25.8 Å². The van der Waals surface area contributed by atoms with Crippen LogP contribution in [0.3, 0.4) is 0 Å². The number of hydrogen-bond acceptors (Lipinski definition) is 3. The summed E-state index contributed by atoms with van der Waals surface area (Å²) >= 11 is 0. The molecule has 0 bridgehead atoms. The third-order valence-corrected chi connectivity index (χ3v) is 2.64. The summed E-state index contributed by atoms with van der Waals surface area (Å²) in [7, 11) is 0. The van der Waals surface area contributed by atoms with Crippen LogP contribution in [0.15, 0.2) is 0 Å². The van der Waals surface area contributed by atoms with Crippen LogP contribution in [0.25, 0.3) is 0 Å². The summed E-state index contributed by atoms with van der Waals surface area (Å²) in [5.74, 6) is 0.0550. The van der Waals surface area contributed by atoms with Gasteiger partial charge in [-0.1, -0.05) is 0 Å². The number of amides is 1. The predicted molar refractivity (Wildman–Crippen MR) is 54.9 cm³/mol. The first-order valence-electron chi connectivity index (χ1n) is 5.30. The van der Waals surface area contributed by atoms with Crippen LogP contribution < -0.4 is 5.73 Å². The fourth-order valence-electron chi connectivity index (χ4n) is 1.85. The molecule has 0 saturated carbocycles. The van der Waals surface area contributed by atoms with Gasteiger partial charge in [-0.2, -0.15) is 0 Å². The highest BCUT2D eigenvalue weighted by molar-refractivity contribution is 5.81. The number of nitrogens with zero attached hydrogens (tertiary/aromatic N) is 1. The standard InChI is InChI=1S/C10H20N2O2/c1-3-12(10(13)8(2)11)9-4-6-14-7-5-9/h8-9H,3-7,11H2,1-2H3/t8-/m0/s1. The lowest BCUT2D eigenvalue weighted by molar-refractivity contribution is -0.136. The second-order valence-electron chi connectivity index (χ2n) is 3.76. The SMILES string of the molecule is CCN(C(=O)[C@H](C)N)C1CCOCC1. The highest BCUT2D eigenvalue weighted by Crippen LogP contribution is 2.14. The van der Waals surface area contributed by atoms with Crippen molar-refractivity contribution in [1.29, 1.82) is 0 Å². The minimum absolute atomic E-state index is 0.0550. The molecule has 0 unspecified atom stereocenters. The molecule has 0 radical (unpaired) electrons. The van der Waals surface area contributed by atoms with Crippen molar-refractivity contribution in [2.45, 2.75) is 38.8 Å². The molecule has 1 saturated heterocycles. The molecule has 4 heteroatoms. The van der Waals surface area contributed by atoms with Gasteiger partial charge in [-0.25, -0.2) is 0 Å². The van der Waals surface area contributed by atoms with Gasteiger partial charge >= 0.3 is 0 Å². The molecule has 0 spiro atoms. The maximum absolute atomic E-state index is 11.7. The normalized spacial score (nSPS) is 20.5. The zero-order valence-electron chi connectivity index (χ0n) is 9.03. The number of likely N-dealkylation sites (N-methyl/N-ethyl adjacent to an activating group) is 1.